The zero-order valence-corrected chi connectivity index (χ0v) is 15.7. The van der Waals surface area contributed by atoms with Gasteiger partial charge in [0.25, 0.3) is 5.91 Å². The van der Waals surface area contributed by atoms with Crippen LogP contribution < -0.4 is 15.5 Å². The molecule has 2 saturated heterocycles. The van der Waals surface area contributed by atoms with Gasteiger partial charge in [0.2, 0.25) is 0 Å². The molecule has 0 radical (unpaired) electrons. The van der Waals surface area contributed by atoms with E-state index in [0.717, 1.165) is 0 Å². The Labute approximate surface area is 162 Å². The first-order valence-electron chi connectivity index (χ1n) is 9.13. The van der Waals surface area contributed by atoms with Crippen LogP contribution in [0.1, 0.15) is 0 Å². The zero-order valence-electron chi connectivity index (χ0n) is 15.7. The van der Waals surface area contributed by atoms with Crippen molar-refractivity contribution in [1.82, 2.24) is 4.90 Å². The van der Waals surface area contributed by atoms with E-state index in [-0.39, 0.29) is 19.1 Å². The minimum atomic E-state index is -1.19. The average molecular weight is 396 g/mol. The Morgan fingerprint density at radius 3 is 2.68 bits per heavy atom. The molecule has 0 bridgehead atoms. The lowest BCUT2D eigenvalue weighted by Gasteiger charge is -2.37. The normalized spacial score (nSPS) is 21.1. The third-order valence-corrected chi connectivity index (χ3v) is 4.92. The average Bonchev–Trinajstić information content (AvgIpc) is 3.08. The highest BCUT2D eigenvalue weighted by atomic mass is 19.1. The summed E-state index contributed by atoms with van der Waals surface area (Å²) in [5, 5.41) is 9.75. The van der Waals surface area contributed by atoms with Crippen LogP contribution in [0.15, 0.2) is 18.2 Å². The highest BCUT2D eigenvalue weighted by Gasteiger charge is 2.32. The SMILES string of the molecule is COCC(O)C(=O)N1CCN(c2ccc(N3CC(CN)OC3=O)cc2F)CC1. The van der Waals surface area contributed by atoms with Gasteiger partial charge in [-0.15, -0.1) is 0 Å². The van der Waals surface area contributed by atoms with Crippen LogP contribution in [0.3, 0.4) is 0 Å². The summed E-state index contributed by atoms with van der Waals surface area (Å²) in [6.45, 7) is 2.06. The van der Waals surface area contributed by atoms with Crippen LogP contribution in [0.5, 0.6) is 0 Å². The van der Waals surface area contributed by atoms with E-state index in [1.807, 2.05) is 4.90 Å². The van der Waals surface area contributed by atoms with Gasteiger partial charge in [-0.2, -0.15) is 0 Å². The Balaban J connectivity index is 1.63. The van der Waals surface area contributed by atoms with E-state index < -0.39 is 24.1 Å². The number of nitrogens with zero attached hydrogens (tertiary/aromatic N) is 3. The third-order valence-electron chi connectivity index (χ3n) is 4.92. The number of hydrogen-bond acceptors (Lipinski definition) is 7. The van der Waals surface area contributed by atoms with Gasteiger partial charge in [0.05, 0.1) is 24.5 Å². The molecule has 28 heavy (non-hydrogen) atoms. The van der Waals surface area contributed by atoms with Crippen molar-refractivity contribution in [1.29, 1.82) is 0 Å². The maximum absolute atomic E-state index is 14.7. The van der Waals surface area contributed by atoms with Gasteiger partial charge in [0.1, 0.15) is 11.9 Å². The fourth-order valence-electron chi connectivity index (χ4n) is 3.38. The number of aliphatic hydroxyl groups is 1. The van der Waals surface area contributed by atoms with E-state index in [0.29, 0.717) is 44.1 Å². The number of carbonyl (C=O) groups is 2. The van der Waals surface area contributed by atoms with Crippen LogP contribution in [0.2, 0.25) is 0 Å². The van der Waals surface area contributed by atoms with Crippen molar-refractivity contribution >= 4 is 23.4 Å². The van der Waals surface area contributed by atoms with Crippen molar-refractivity contribution in [2.45, 2.75) is 12.2 Å². The maximum Gasteiger partial charge on any atom is 0.414 e. The van der Waals surface area contributed by atoms with E-state index in [1.165, 1.54) is 18.1 Å². The molecule has 3 N–H and O–H groups in total. The van der Waals surface area contributed by atoms with Gasteiger partial charge in [-0.05, 0) is 18.2 Å². The van der Waals surface area contributed by atoms with Crippen LogP contribution in [0, 0.1) is 5.82 Å². The van der Waals surface area contributed by atoms with Crippen molar-refractivity contribution in [3.8, 4) is 0 Å². The molecule has 0 aromatic heterocycles. The largest absolute Gasteiger partial charge is 0.443 e. The van der Waals surface area contributed by atoms with Gasteiger partial charge in [-0.25, -0.2) is 9.18 Å². The van der Waals surface area contributed by atoms with E-state index in [9.17, 15) is 19.1 Å². The van der Waals surface area contributed by atoms with Crippen LogP contribution in [-0.2, 0) is 14.3 Å². The number of carbonyl (C=O) groups excluding carboxylic acids is 2. The summed E-state index contributed by atoms with van der Waals surface area (Å²) in [5.41, 5.74) is 6.34. The number of ether oxygens (including phenoxy) is 2. The van der Waals surface area contributed by atoms with Gasteiger partial charge in [-0.1, -0.05) is 0 Å². The summed E-state index contributed by atoms with van der Waals surface area (Å²) in [7, 11) is 1.42. The predicted molar refractivity (Wildman–Crippen MR) is 99.7 cm³/mol. The van der Waals surface area contributed by atoms with E-state index in [4.69, 9.17) is 15.2 Å². The molecule has 3 rings (SSSR count). The molecule has 154 valence electrons. The molecule has 1 aromatic carbocycles. The molecule has 2 atom stereocenters. The summed E-state index contributed by atoms with van der Waals surface area (Å²) in [5.74, 6) is -0.847. The molecular formula is C18H25FN4O5. The Bertz CT molecular complexity index is 726. The molecule has 0 saturated carbocycles. The highest BCUT2D eigenvalue weighted by molar-refractivity contribution is 5.90. The first-order valence-corrected chi connectivity index (χ1v) is 9.13. The summed E-state index contributed by atoms with van der Waals surface area (Å²) in [4.78, 5) is 28.7. The topological polar surface area (TPSA) is 109 Å². The van der Waals surface area contributed by atoms with Crippen LogP contribution >= 0.6 is 0 Å². The van der Waals surface area contributed by atoms with E-state index in [2.05, 4.69) is 0 Å². The Hall–Kier alpha value is -2.43. The number of hydrogen-bond donors (Lipinski definition) is 2. The highest BCUT2D eigenvalue weighted by Crippen LogP contribution is 2.28. The minimum absolute atomic E-state index is 0.0565. The first-order chi connectivity index (χ1) is 13.4. The lowest BCUT2D eigenvalue weighted by molar-refractivity contribution is -0.143. The molecule has 2 unspecified atom stereocenters. The van der Waals surface area contributed by atoms with E-state index in [1.54, 1.807) is 17.0 Å². The summed E-state index contributed by atoms with van der Waals surface area (Å²) in [6.07, 6.45) is -2.12. The van der Waals surface area contributed by atoms with E-state index >= 15 is 0 Å². The Morgan fingerprint density at radius 1 is 1.39 bits per heavy atom. The Kier molecular flexibility index (Phi) is 6.32. The minimum Gasteiger partial charge on any atom is -0.443 e. The smallest absolute Gasteiger partial charge is 0.414 e. The van der Waals surface area contributed by atoms with Crippen molar-refractivity contribution < 1.29 is 28.6 Å². The number of halogens is 1. The van der Waals surface area contributed by atoms with Gasteiger partial charge in [0, 0.05) is 39.8 Å². The van der Waals surface area contributed by atoms with Crippen LogP contribution in [0.4, 0.5) is 20.6 Å². The third kappa shape index (κ3) is 4.18. The fraction of sp³-hybridized carbons (Fsp3) is 0.556. The lowest BCUT2D eigenvalue weighted by atomic mass is 10.2. The molecule has 2 fully saturated rings. The molecular weight excluding hydrogens is 371 g/mol. The van der Waals surface area contributed by atoms with Crippen molar-refractivity contribution in [2.24, 2.45) is 5.73 Å². The van der Waals surface area contributed by atoms with Crippen LogP contribution in [0.25, 0.3) is 0 Å². The van der Waals surface area contributed by atoms with Gasteiger partial charge >= 0.3 is 6.09 Å². The fourth-order valence-corrected chi connectivity index (χ4v) is 3.38. The zero-order chi connectivity index (χ0) is 20.3. The number of cyclic esters (lactones) is 1. The summed E-state index contributed by atoms with van der Waals surface area (Å²) < 4.78 is 24.6. The molecule has 2 aliphatic heterocycles. The monoisotopic (exact) mass is 396 g/mol. The number of anilines is 2. The number of benzene rings is 1. The second kappa shape index (κ2) is 8.72. The number of rotatable bonds is 6. The summed E-state index contributed by atoms with van der Waals surface area (Å²) in [6, 6.07) is 4.58. The molecule has 0 aliphatic carbocycles. The number of nitrogens with two attached hydrogens (primary N) is 1. The number of piperazine rings is 1. The maximum atomic E-state index is 14.7. The van der Waals surface area contributed by atoms with Crippen LogP contribution in [-0.4, -0.2) is 87.2 Å². The number of aliphatic hydroxyl groups excluding tert-OH is 1. The Morgan fingerprint density at radius 2 is 2.11 bits per heavy atom. The number of methoxy groups -OCH3 is 1. The molecule has 2 heterocycles. The van der Waals surface area contributed by atoms with Crippen molar-refractivity contribution in [3.05, 3.63) is 24.0 Å². The standard InChI is InChI=1S/C18H25FN4O5/c1-27-11-16(24)17(25)22-6-4-21(5-7-22)15-3-2-12(8-14(15)19)23-10-13(9-20)28-18(23)26/h2-3,8,13,16,24H,4-7,9-11,20H2,1H3. The lowest BCUT2D eigenvalue weighted by Crippen LogP contribution is -2.52. The molecule has 2 aliphatic rings. The quantitative estimate of drug-likeness (QED) is 0.683. The molecule has 1 aromatic rings. The molecule has 2 amide bonds. The predicted octanol–water partition coefficient (Wildman–Crippen LogP) is -0.234. The van der Waals surface area contributed by atoms with Crippen molar-refractivity contribution in [2.75, 3.05) is 62.8 Å². The molecule has 10 heteroatoms. The second-order valence-electron chi connectivity index (χ2n) is 6.77. The first kappa shape index (κ1) is 20.3. The van der Waals surface area contributed by atoms with Gasteiger partial charge in [0.15, 0.2) is 6.10 Å². The van der Waals surface area contributed by atoms with Gasteiger partial charge in [-0.3, -0.25) is 9.69 Å². The molecule has 0 spiro atoms. The second-order valence-corrected chi connectivity index (χ2v) is 6.77. The number of amides is 2. The summed E-state index contributed by atoms with van der Waals surface area (Å²) >= 11 is 0. The van der Waals surface area contributed by atoms with Gasteiger partial charge < -0.3 is 30.1 Å². The van der Waals surface area contributed by atoms with Crippen molar-refractivity contribution in [3.63, 3.8) is 0 Å². The molecule has 9 nitrogen and oxygen atoms in total.